The second-order valence-corrected chi connectivity index (χ2v) is 6.83. The van der Waals surface area contributed by atoms with E-state index in [4.69, 9.17) is 23.4 Å². The molecule has 0 radical (unpaired) electrons. The van der Waals surface area contributed by atoms with Crippen LogP contribution in [0.1, 0.15) is 10.4 Å². The average Bonchev–Trinajstić information content (AvgIpc) is 2.83. The molecule has 162 valence electrons. The molecule has 0 saturated heterocycles. The second-order valence-electron chi connectivity index (χ2n) is 6.83. The van der Waals surface area contributed by atoms with Crippen LogP contribution >= 0.6 is 0 Å². The topological polar surface area (TPSA) is 84.2 Å². The highest BCUT2D eigenvalue weighted by Gasteiger charge is 2.15. The van der Waals surface area contributed by atoms with Crippen molar-refractivity contribution in [1.29, 1.82) is 0 Å². The zero-order valence-corrected chi connectivity index (χ0v) is 17.7. The molecule has 1 aromatic heterocycles. The molecule has 0 N–H and O–H groups in total. The van der Waals surface area contributed by atoms with Gasteiger partial charge in [-0.1, -0.05) is 6.07 Å². The van der Waals surface area contributed by atoms with E-state index in [0.717, 1.165) is 0 Å². The van der Waals surface area contributed by atoms with Crippen LogP contribution in [0.2, 0.25) is 0 Å². The maximum absolute atomic E-state index is 12.7. The molecule has 4 aromatic rings. The molecule has 0 aliphatic heterocycles. The lowest BCUT2D eigenvalue weighted by Gasteiger charge is -2.10. The summed E-state index contributed by atoms with van der Waals surface area (Å²) in [4.78, 5) is 25.2. The third-order valence-electron chi connectivity index (χ3n) is 4.92. The van der Waals surface area contributed by atoms with E-state index in [9.17, 15) is 9.59 Å². The molecule has 0 spiro atoms. The predicted molar refractivity (Wildman–Crippen MR) is 119 cm³/mol. The first-order valence-corrected chi connectivity index (χ1v) is 9.69. The zero-order chi connectivity index (χ0) is 22.7. The number of hydrogen-bond acceptors (Lipinski definition) is 7. The van der Waals surface area contributed by atoms with Crippen molar-refractivity contribution in [3.63, 3.8) is 0 Å². The first kappa shape index (κ1) is 21.0. The van der Waals surface area contributed by atoms with Crippen LogP contribution in [0, 0.1) is 0 Å². The third-order valence-corrected chi connectivity index (χ3v) is 4.92. The highest BCUT2D eigenvalue weighted by atomic mass is 16.5. The van der Waals surface area contributed by atoms with Crippen molar-refractivity contribution in [3.8, 4) is 34.1 Å². The molecule has 0 unspecified atom stereocenters. The number of ether oxygens (including phenoxy) is 4. The van der Waals surface area contributed by atoms with Crippen LogP contribution in [0.15, 0.2) is 75.9 Å². The number of methoxy groups -OCH3 is 3. The van der Waals surface area contributed by atoms with Gasteiger partial charge in [-0.3, -0.25) is 0 Å². The van der Waals surface area contributed by atoms with Crippen molar-refractivity contribution in [1.82, 2.24) is 0 Å². The summed E-state index contributed by atoms with van der Waals surface area (Å²) in [6, 6.07) is 18.4. The first-order chi connectivity index (χ1) is 15.5. The molecular weight excluding hydrogens is 412 g/mol. The highest BCUT2D eigenvalue weighted by molar-refractivity contribution is 5.92. The van der Waals surface area contributed by atoms with E-state index in [1.165, 1.54) is 20.3 Å². The third kappa shape index (κ3) is 4.13. The smallest absolute Gasteiger partial charge is 0.344 e. The van der Waals surface area contributed by atoms with Gasteiger partial charge in [-0.05, 0) is 48.5 Å². The largest absolute Gasteiger partial charge is 0.497 e. The summed E-state index contributed by atoms with van der Waals surface area (Å²) < 4.78 is 26.7. The van der Waals surface area contributed by atoms with Gasteiger partial charge in [-0.25, -0.2) is 9.59 Å². The van der Waals surface area contributed by atoms with Crippen molar-refractivity contribution in [2.45, 2.75) is 0 Å². The van der Waals surface area contributed by atoms with Gasteiger partial charge in [0.15, 0.2) is 0 Å². The van der Waals surface area contributed by atoms with Crippen LogP contribution in [0.5, 0.6) is 23.0 Å². The second kappa shape index (κ2) is 8.85. The molecule has 0 aliphatic rings. The van der Waals surface area contributed by atoms with Crippen molar-refractivity contribution in [2.75, 3.05) is 21.3 Å². The van der Waals surface area contributed by atoms with Crippen molar-refractivity contribution in [2.24, 2.45) is 0 Å². The number of hydrogen-bond donors (Lipinski definition) is 0. The number of benzene rings is 3. The monoisotopic (exact) mass is 432 g/mol. The van der Waals surface area contributed by atoms with Crippen LogP contribution in [0.4, 0.5) is 0 Å². The number of carbonyl (C=O) groups is 1. The Labute approximate surface area is 183 Å². The number of fused-ring (bicyclic) bond motifs is 1. The summed E-state index contributed by atoms with van der Waals surface area (Å²) in [7, 11) is 4.59. The van der Waals surface area contributed by atoms with Gasteiger partial charge in [0.2, 0.25) is 0 Å². The Morgan fingerprint density at radius 2 is 1.50 bits per heavy atom. The van der Waals surface area contributed by atoms with Crippen LogP contribution in [-0.2, 0) is 0 Å². The molecule has 7 heteroatoms. The normalized spacial score (nSPS) is 10.6. The first-order valence-electron chi connectivity index (χ1n) is 9.69. The van der Waals surface area contributed by atoms with E-state index in [1.54, 1.807) is 67.8 Å². The van der Waals surface area contributed by atoms with Gasteiger partial charge in [0.25, 0.3) is 0 Å². The molecular formula is C25H20O7. The predicted octanol–water partition coefficient (Wildman–Crippen LogP) is 4.71. The number of carbonyl (C=O) groups excluding carboxylic acids is 1. The Morgan fingerprint density at radius 1 is 0.750 bits per heavy atom. The minimum atomic E-state index is -0.551. The lowest BCUT2D eigenvalue weighted by Crippen LogP contribution is -2.09. The molecule has 7 nitrogen and oxygen atoms in total. The fourth-order valence-corrected chi connectivity index (χ4v) is 3.28. The Bertz CT molecular complexity index is 1350. The standard InChI is InChI=1S/C25H20O7/c1-28-17-6-4-5-16(11-17)24(26)31-19-8-7-15-12-21(25(27)32-22(15)14-19)20-10-9-18(29-2)13-23(20)30-3/h4-14H,1-3H3. The minimum Gasteiger partial charge on any atom is -0.497 e. The molecule has 0 aliphatic carbocycles. The van der Waals surface area contributed by atoms with Crippen LogP contribution in [0.25, 0.3) is 22.1 Å². The van der Waals surface area contributed by atoms with Crippen LogP contribution < -0.4 is 24.6 Å². The highest BCUT2D eigenvalue weighted by Crippen LogP contribution is 2.33. The van der Waals surface area contributed by atoms with Gasteiger partial charge in [-0.15, -0.1) is 0 Å². The molecule has 0 bridgehead atoms. The average molecular weight is 432 g/mol. The zero-order valence-electron chi connectivity index (χ0n) is 17.7. The van der Waals surface area contributed by atoms with E-state index < -0.39 is 11.6 Å². The molecule has 0 fully saturated rings. The molecule has 4 rings (SSSR count). The van der Waals surface area contributed by atoms with Crippen molar-refractivity contribution >= 4 is 16.9 Å². The molecule has 32 heavy (non-hydrogen) atoms. The van der Waals surface area contributed by atoms with Crippen LogP contribution in [0.3, 0.4) is 0 Å². The van der Waals surface area contributed by atoms with E-state index in [2.05, 4.69) is 0 Å². The molecule has 0 atom stereocenters. The fourth-order valence-electron chi connectivity index (χ4n) is 3.28. The Morgan fingerprint density at radius 3 is 2.25 bits per heavy atom. The summed E-state index contributed by atoms with van der Waals surface area (Å²) in [5.41, 5.74) is 1.02. The summed E-state index contributed by atoms with van der Waals surface area (Å²) in [5, 5.41) is 0.665. The summed E-state index contributed by atoms with van der Waals surface area (Å²) >= 11 is 0. The quantitative estimate of drug-likeness (QED) is 0.248. The number of rotatable bonds is 6. The Kier molecular flexibility index (Phi) is 5.81. The molecule has 0 saturated carbocycles. The number of esters is 1. The maximum Gasteiger partial charge on any atom is 0.344 e. The fraction of sp³-hybridized carbons (Fsp3) is 0.120. The SMILES string of the molecule is COc1cccc(C(=O)Oc2ccc3cc(-c4ccc(OC)cc4OC)c(=O)oc3c2)c1. The molecule has 1 heterocycles. The van der Waals surface area contributed by atoms with Gasteiger partial charge in [0, 0.05) is 23.1 Å². The van der Waals surface area contributed by atoms with Gasteiger partial charge in [-0.2, -0.15) is 0 Å². The van der Waals surface area contributed by atoms with E-state index >= 15 is 0 Å². The van der Waals surface area contributed by atoms with Crippen molar-refractivity contribution in [3.05, 3.63) is 82.7 Å². The molecule has 0 amide bonds. The van der Waals surface area contributed by atoms with E-state index in [1.807, 2.05) is 0 Å². The van der Waals surface area contributed by atoms with Gasteiger partial charge >= 0.3 is 11.6 Å². The Hall–Kier alpha value is -4.26. The lowest BCUT2D eigenvalue weighted by molar-refractivity contribution is 0.0734. The molecule has 3 aromatic carbocycles. The summed E-state index contributed by atoms with van der Waals surface area (Å²) in [5.74, 6) is 1.34. The van der Waals surface area contributed by atoms with E-state index in [-0.39, 0.29) is 5.75 Å². The maximum atomic E-state index is 12.7. The summed E-state index contributed by atoms with van der Waals surface area (Å²) in [6.45, 7) is 0. The Balaban J connectivity index is 1.67. The van der Waals surface area contributed by atoms with Gasteiger partial charge < -0.3 is 23.4 Å². The minimum absolute atomic E-state index is 0.253. The van der Waals surface area contributed by atoms with Crippen molar-refractivity contribution < 1.29 is 28.2 Å². The summed E-state index contributed by atoms with van der Waals surface area (Å²) in [6.07, 6.45) is 0. The van der Waals surface area contributed by atoms with Gasteiger partial charge in [0.1, 0.15) is 28.6 Å². The van der Waals surface area contributed by atoms with E-state index in [0.29, 0.717) is 44.9 Å². The lowest BCUT2D eigenvalue weighted by atomic mass is 10.0. The van der Waals surface area contributed by atoms with Gasteiger partial charge in [0.05, 0.1) is 32.5 Å². The van der Waals surface area contributed by atoms with Crippen LogP contribution in [-0.4, -0.2) is 27.3 Å².